The van der Waals surface area contributed by atoms with E-state index in [4.69, 9.17) is 4.74 Å². The lowest BCUT2D eigenvalue weighted by molar-refractivity contribution is 0.279. The molecule has 76 valence electrons. The summed E-state index contributed by atoms with van der Waals surface area (Å²) in [5.41, 5.74) is 0.999. The summed E-state index contributed by atoms with van der Waals surface area (Å²) < 4.78 is 5.50. The van der Waals surface area contributed by atoms with Crippen molar-refractivity contribution >= 4 is 18.3 Å². The van der Waals surface area contributed by atoms with Crippen molar-refractivity contribution in [2.24, 2.45) is 4.99 Å². The van der Waals surface area contributed by atoms with Crippen LogP contribution >= 0.6 is 12.4 Å². The summed E-state index contributed by atoms with van der Waals surface area (Å²) in [6, 6.07) is 10.0. The highest BCUT2D eigenvalue weighted by Gasteiger charge is 2.26. The molecule has 2 rings (SSSR count). The highest BCUT2D eigenvalue weighted by atomic mass is 35.5. The van der Waals surface area contributed by atoms with Crippen LogP contribution in [0.2, 0.25) is 0 Å². The van der Waals surface area contributed by atoms with Crippen LogP contribution in [0.4, 0.5) is 0 Å². The summed E-state index contributed by atoms with van der Waals surface area (Å²) in [6.45, 7) is 4.82. The lowest BCUT2D eigenvalue weighted by atomic mass is 10.1. The average Bonchev–Trinajstić information content (AvgIpc) is 2.48. The molecular weight excluding hydrogens is 198 g/mol. The minimum Gasteiger partial charge on any atom is -0.475 e. The Kier molecular flexibility index (Phi) is 3.17. The van der Waals surface area contributed by atoms with Crippen molar-refractivity contribution in [2.45, 2.75) is 19.4 Å². The number of benzene rings is 1. The monoisotopic (exact) mass is 211 g/mol. The minimum atomic E-state index is -0.0643. The van der Waals surface area contributed by atoms with Crippen molar-refractivity contribution in [1.29, 1.82) is 0 Å². The Labute approximate surface area is 90.4 Å². The first-order chi connectivity index (χ1) is 6.17. The summed E-state index contributed by atoms with van der Waals surface area (Å²) in [4.78, 5) is 4.49. The van der Waals surface area contributed by atoms with Crippen LogP contribution < -0.4 is 0 Å². The predicted molar refractivity (Wildman–Crippen MR) is 60.3 cm³/mol. The Morgan fingerprint density at radius 3 is 2.36 bits per heavy atom. The maximum Gasteiger partial charge on any atom is 0.216 e. The molecular formula is C11H14ClNO. The number of nitrogens with zero attached hydrogens (tertiary/aromatic N) is 1. The van der Waals surface area contributed by atoms with E-state index in [1.165, 1.54) is 0 Å². The molecule has 0 aromatic heterocycles. The summed E-state index contributed by atoms with van der Waals surface area (Å²) in [5.74, 6) is 0.769. The second kappa shape index (κ2) is 4.01. The third-order valence-corrected chi connectivity index (χ3v) is 1.99. The first-order valence-corrected chi connectivity index (χ1v) is 4.45. The molecule has 3 heteroatoms. The van der Waals surface area contributed by atoms with Gasteiger partial charge < -0.3 is 4.74 Å². The summed E-state index contributed by atoms with van der Waals surface area (Å²) >= 11 is 0. The van der Waals surface area contributed by atoms with Crippen molar-refractivity contribution < 1.29 is 4.74 Å². The quantitative estimate of drug-likeness (QED) is 0.700. The van der Waals surface area contributed by atoms with Gasteiger partial charge in [-0.1, -0.05) is 18.2 Å². The predicted octanol–water partition coefficient (Wildman–Crippen LogP) is 2.66. The van der Waals surface area contributed by atoms with E-state index in [0.29, 0.717) is 6.61 Å². The van der Waals surface area contributed by atoms with Crippen LogP contribution in [0.15, 0.2) is 35.3 Å². The fraction of sp³-hybridized carbons (Fsp3) is 0.364. The molecule has 14 heavy (non-hydrogen) atoms. The van der Waals surface area contributed by atoms with Gasteiger partial charge in [-0.05, 0) is 26.0 Å². The molecule has 1 aliphatic heterocycles. The molecule has 0 N–H and O–H groups in total. The van der Waals surface area contributed by atoms with Gasteiger partial charge in [0.25, 0.3) is 0 Å². The third-order valence-electron chi connectivity index (χ3n) is 1.99. The molecule has 0 aliphatic carbocycles. The molecule has 0 unspecified atom stereocenters. The summed E-state index contributed by atoms with van der Waals surface area (Å²) in [5, 5.41) is 0. The van der Waals surface area contributed by atoms with Gasteiger partial charge in [0, 0.05) is 5.56 Å². The van der Waals surface area contributed by atoms with E-state index in [1.807, 2.05) is 30.3 Å². The van der Waals surface area contributed by atoms with E-state index < -0.39 is 0 Å². The number of aliphatic imine (C=N–C) groups is 1. The first kappa shape index (κ1) is 11.1. The topological polar surface area (TPSA) is 21.6 Å². The van der Waals surface area contributed by atoms with Gasteiger partial charge in [0.1, 0.15) is 6.61 Å². The third kappa shape index (κ3) is 2.26. The van der Waals surface area contributed by atoms with E-state index in [9.17, 15) is 0 Å². The van der Waals surface area contributed by atoms with Crippen molar-refractivity contribution in [3.63, 3.8) is 0 Å². The van der Waals surface area contributed by atoms with Crippen LogP contribution in [0, 0.1) is 0 Å². The van der Waals surface area contributed by atoms with Gasteiger partial charge in [0.15, 0.2) is 0 Å². The van der Waals surface area contributed by atoms with Crippen molar-refractivity contribution in [2.75, 3.05) is 6.61 Å². The molecule has 0 radical (unpaired) electrons. The Bertz CT molecular complexity index is 332. The van der Waals surface area contributed by atoms with Crippen LogP contribution in [0.25, 0.3) is 0 Å². The van der Waals surface area contributed by atoms with Gasteiger partial charge in [-0.3, -0.25) is 0 Å². The maximum atomic E-state index is 5.50. The number of ether oxygens (including phenoxy) is 1. The van der Waals surface area contributed by atoms with Gasteiger partial charge in [-0.2, -0.15) is 0 Å². The Morgan fingerprint density at radius 1 is 1.21 bits per heavy atom. The molecule has 0 amide bonds. The van der Waals surface area contributed by atoms with Crippen LogP contribution in [0.5, 0.6) is 0 Å². The second-order valence-corrected chi connectivity index (χ2v) is 3.88. The molecule has 1 heterocycles. The van der Waals surface area contributed by atoms with Crippen molar-refractivity contribution in [1.82, 2.24) is 0 Å². The molecule has 0 saturated heterocycles. The molecule has 2 nitrogen and oxygen atoms in total. The molecule has 1 aromatic carbocycles. The zero-order valence-electron chi connectivity index (χ0n) is 8.36. The van der Waals surface area contributed by atoms with E-state index in [1.54, 1.807) is 0 Å². The Morgan fingerprint density at radius 2 is 1.86 bits per heavy atom. The van der Waals surface area contributed by atoms with Crippen LogP contribution in [-0.4, -0.2) is 18.0 Å². The second-order valence-electron chi connectivity index (χ2n) is 3.88. The number of halogens is 1. The first-order valence-electron chi connectivity index (χ1n) is 4.45. The van der Waals surface area contributed by atoms with Gasteiger partial charge >= 0.3 is 0 Å². The van der Waals surface area contributed by atoms with Gasteiger partial charge in [-0.15, -0.1) is 12.4 Å². The smallest absolute Gasteiger partial charge is 0.216 e. The van der Waals surface area contributed by atoms with E-state index in [0.717, 1.165) is 11.5 Å². The average molecular weight is 212 g/mol. The molecule has 0 atom stereocenters. The Balaban J connectivity index is 0.000000980. The number of hydrogen-bond donors (Lipinski definition) is 0. The SMILES string of the molecule is CC1(C)COC(c2ccccc2)=N1.Cl. The van der Waals surface area contributed by atoms with Crippen molar-refractivity contribution in [3.05, 3.63) is 35.9 Å². The Hall–Kier alpha value is -1.02. The minimum absolute atomic E-state index is 0. The van der Waals surface area contributed by atoms with E-state index >= 15 is 0 Å². The highest BCUT2D eigenvalue weighted by Crippen LogP contribution is 2.20. The summed E-state index contributed by atoms with van der Waals surface area (Å²) in [6.07, 6.45) is 0. The fourth-order valence-corrected chi connectivity index (χ4v) is 1.31. The maximum absolute atomic E-state index is 5.50. The fourth-order valence-electron chi connectivity index (χ4n) is 1.31. The molecule has 0 saturated carbocycles. The molecule has 1 aliphatic rings. The zero-order valence-corrected chi connectivity index (χ0v) is 9.17. The normalized spacial score (nSPS) is 18.0. The largest absolute Gasteiger partial charge is 0.475 e. The van der Waals surface area contributed by atoms with Crippen LogP contribution in [0.1, 0.15) is 19.4 Å². The van der Waals surface area contributed by atoms with Crippen molar-refractivity contribution in [3.8, 4) is 0 Å². The van der Waals surface area contributed by atoms with Crippen LogP contribution in [-0.2, 0) is 4.74 Å². The van der Waals surface area contributed by atoms with Gasteiger partial charge in [0.2, 0.25) is 5.90 Å². The summed E-state index contributed by atoms with van der Waals surface area (Å²) in [7, 11) is 0. The zero-order chi connectivity index (χ0) is 9.31. The van der Waals surface area contributed by atoms with Crippen LogP contribution in [0.3, 0.4) is 0 Å². The lowest BCUT2D eigenvalue weighted by Crippen LogP contribution is -2.17. The molecule has 0 bridgehead atoms. The molecule has 0 fully saturated rings. The number of hydrogen-bond acceptors (Lipinski definition) is 2. The standard InChI is InChI=1S/C11H13NO.ClH/c1-11(2)8-13-10(12-11)9-6-4-3-5-7-9;/h3-7H,8H2,1-2H3;1H. The lowest BCUT2D eigenvalue weighted by Gasteiger charge is -2.07. The molecule has 0 spiro atoms. The van der Waals surface area contributed by atoms with Gasteiger partial charge in [-0.25, -0.2) is 4.99 Å². The van der Waals surface area contributed by atoms with E-state index in [2.05, 4.69) is 18.8 Å². The van der Waals surface area contributed by atoms with E-state index in [-0.39, 0.29) is 17.9 Å². The highest BCUT2D eigenvalue weighted by molar-refractivity contribution is 5.95. The molecule has 1 aromatic rings. The van der Waals surface area contributed by atoms with Gasteiger partial charge in [0.05, 0.1) is 5.54 Å². The number of rotatable bonds is 1.